The largest absolute Gasteiger partial charge is 0.337 e. The Kier molecular flexibility index (Phi) is 2.94. The molecule has 1 saturated heterocycles. The molecule has 1 aromatic heterocycles. The minimum Gasteiger partial charge on any atom is -0.337 e. The number of likely N-dealkylation sites (N-methyl/N-ethyl adjacent to an activating group) is 1. The van der Waals surface area contributed by atoms with E-state index in [4.69, 9.17) is 0 Å². The van der Waals surface area contributed by atoms with Crippen molar-refractivity contribution < 1.29 is 4.79 Å². The number of aromatic nitrogens is 3. The lowest BCUT2D eigenvalue weighted by atomic mass is 10.1. The first kappa shape index (κ1) is 12.1. The van der Waals surface area contributed by atoms with Crippen LogP contribution in [0.25, 0.3) is 11.0 Å². The molecule has 0 aliphatic carbocycles. The normalized spacial score (nSPS) is 18.9. The molecular formula is C13H17N5O. The molecule has 1 N–H and O–H groups in total. The third-order valence-corrected chi connectivity index (χ3v) is 3.76. The number of nitrogens with one attached hydrogen (secondary N) is 1. The number of hydrogen-bond acceptors (Lipinski definition) is 4. The van der Waals surface area contributed by atoms with Crippen LogP contribution in [0.5, 0.6) is 0 Å². The van der Waals surface area contributed by atoms with Crippen molar-refractivity contribution in [3.63, 3.8) is 0 Å². The predicted octanol–water partition coefficient (Wildman–Crippen LogP) is 0.402. The van der Waals surface area contributed by atoms with E-state index in [9.17, 15) is 4.79 Å². The van der Waals surface area contributed by atoms with E-state index in [2.05, 4.69) is 15.6 Å². The summed E-state index contributed by atoms with van der Waals surface area (Å²) >= 11 is 0. The molecule has 1 aliphatic rings. The topological polar surface area (TPSA) is 63.1 Å². The van der Waals surface area contributed by atoms with Gasteiger partial charge in [-0.15, -0.1) is 5.10 Å². The van der Waals surface area contributed by atoms with E-state index >= 15 is 0 Å². The van der Waals surface area contributed by atoms with Crippen LogP contribution in [0.2, 0.25) is 0 Å². The summed E-state index contributed by atoms with van der Waals surface area (Å²) in [6.07, 6.45) is 1.01. The number of fused-ring (bicyclic) bond motifs is 1. The number of amides is 1. The summed E-state index contributed by atoms with van der Waals surface area (Å²) in [5.74, 6) is 0.0428. The van der Waals surface area contributed by atoms with Gasteiger partial charge in [0.1, 0.15) is 5.52 Å². The van der Waals surface area contributed by atoms with Gasteiger partial charge in [0.05, 0.1) is 5.52 Å². The summed E-state index contributed by atoms with van der Waals surface area (Å²) in [6.45, 7) is 1.85. The van der Waals surface area contributed by atoms with Crippen molar-refractivity contribution in [1.29, 1.82) is 0 Å². The van der Waals surface area contributed by atoms with Crippen LogP contribution in [-0.2, 0) is 7.05 Å². The lowest BCUT2D eigenvalue weighted by Gasteiger charge is -2.23. The van der Waals surface area contributed by atoms with Gasteiger partial charge in [0, 0.05) is 32.2 Å². The molecule has 0 saturated carbocycles. The minimum atomic E-state index is 0.0428. The minimum absolute atomic E-state index is 0.0428. The van der Waals surface area contributed by atoms with E-state index in [1.54, 1.807) is 4.68 Å². The number of rotatable bonds is 2. The molecule has 0 radical (unpaired) electrons. The van der Waals surface area contributed by atoms with Gasteiger partial charge in [-0.25, -0.2) is 4.68 Å². The van der Waals surface area contributed by atoms with Gasteiger partial charge in [-0.3, -0.25) is 4.79 Å². The number of aryl methyl sites for hydroxylation is 1. The predicted molar refractivity (Wildman–Crippen MR) is 71.9 cm³/mol. The molecule has 100 valence electrons. The summed E-state index contributed by atoms with van der Waals surface area (Å²) in [5.41, 5.74) is 2.36. The Morgan fingerprint density at radius 3 is 3.11 bits per heavy atom. The summed E-state index contributed by atoms with van der Waals surface area (Å²) in [7, 11) is 3.70. The highest BCUT2D eigenvalue weighted by Gasteiger charge is 2.24. The zero-order valence-electron chi connectivity index (χ0n) is 11.1. The molecule has 1 amide bonds. The van der Waals surface area contributed by atoms with Crippen LogP contribution in [0.4, 0.5) is 0 Å². The van der Waals surface area contributed by atoms with Gasteiger partial charge < -0.3 is 10.2 Å². The monoisotopic (exact) mass is 259 g/mol. The number of hydrogen-bond donors (Lipinski definition) is 1. The highest BCUT2D eigenvalue weighted by atomic mass is 16.2. The van der Waals surface area contributed by atoms with Crippen LogP contribution in [0.1, 0.15) is 16.8 Å². The molecule has 1 aliphatic heterocycles. The van der Waals surface area contributed by atoms with Gasteiger partial charge in [0.15, 0.2) is 0 Å². The quantitative estimate of drug-likeness (QED) is 0.848. The molecule has 6 heteroatoms. The van der Waals surface area contributed by atoms with Gasteiger partial charge in [-0.05, 0) is 31.2 Å². The third kappa shape index (κ3) is 2.08. The first-order chi connectivity index (χ1) is 9.16. The molecule has 1 fully saturated rings. The molecule has 1 aromatic carbocycles. The molecule has 3 rings (SSSR count). The second kappa shape index (κ2) is 4.62. The number of benzene rings is 1. The molecule has 0 spiro atoms. The van der Waals surface area contributed by atoms with Crippen molar-refractivity contribution in [2.75, 3.05) is 20.1 Å². The van der Waals surface area contributed by atoms with E-state index < -0.39 is 0 Å². The van der Waals surface area contributed by atoms with Crippen LogP contribution in [-0.4, -0.2) is 52.0 Å². The average Bonchev–Trinajstić information content (AvgIpc) is 3.07. The summed E-state index contributed by atoms with van der Waals surface area (Å²) in [5, 5.41) is 11.3. The molecule has 2 aromatic rings. The maximum atomic E-state index is 12.4. The number of carbonyl (C=O) groups excluding carboxylic acids is 1. The van der Waals surface area contributed by atoms with Gasteiger partial charge in [-0.2, -0.15) is 0 Å². The van der Waals surface area contributed by atoms with Crippen molar-refractivity contribution in [3.8, 4) is 0 Å². The highest BCUT2D eigenvalue weighted by molar-refractivity contribution is 5.97. The fourth-order valence-corrected chi connectivity index (χ4v) is 2.51. The van der Waals surface area contributed by atoms with Gasteiger partial charge in [0.25, 0.3) is 5.91 Å². The Labute approximate surface area is 111 Å². The van der Waals surface area contributed by atoms with Gasteiger partial charge in [-0.1, -0.05) is 5.21 Å². The van der Waals surface area contributed by atoms with E-state index in [1.165, 1.54) is 0 Å². The standard InChI is InChI=1S/C13H17N5O/c1-17(10-5-6-14-8-10)13(19)9-3-4-12-11(7-9)15-16-18(12)2/h3-4,7,10,14H,5-6,8H2,1-2H3. The van der Waals surface area contributed by atoms with Crippen LogP contribution in [0.15, 0.2) is 18.2 Å². The number of carbonyl (C=O) groups is 1. The summed E-state index contributed by atoms with van der Waals surface area (Å²) in [6, 6.07) is 5.82. The van der Waals surface area contributed by atoms with Crippen molar-refractivity contribution in [3.05, 3.63) is 23.8 Å². The maximum absolute atomic E-state index is 12.4. The zero-order chi connectivity index (χ0) is 13.4. The fourth-order valence-electron chi connectivity index (χ4n) is 2.51. The third-order valence-electron chi connectivity index (χ3n) is 3.76. The van der Waals surface area contributed by atoms with Crippen LogP contribution in [0.3, 0.4) is 0 Å². The molecule has 6 nitrogen and oxygen atoms in total. The lowest BCUT2D eigenvalue weighted by molar-refractivity contribution is 0.0744. The molecule has 0 bridgehead atoms. The Hall–Kier alpha value is -1.95. The van der Waals surface area contributed by atoms with Crippen molar-refractivity contribution in [1.82, 2.24) is 25.2 Å². The Morgan fingerprint density at radius 2 is 2.37 bits per heavy atom. The van der Waals surface area contributed by atoms with Crippen molar-refractivity contribution >= 4 is 16.9 Å². The molecular weight excluding hydrogens is 242 g/mol. The van der Waals surface area contributed by atoms with Crippen molar-refractivity contribution in [2.24, 2.45) is 7.05 Å². The molecule has 19 heavy (non-hydrogen) atoms. The average molecular weight is 259 g/mol. The van der Waals surface area contributed by atoms with Crippen LogP contribution >= 0.6 is 0 Å². The summed E-state index contributed by atoms with van der Waals surface area (Å²) < 4.78 is 1.70. The number of nitrogens with zero attached hydrogens (tertiary/aromatic N) is 4. The SMILES string of the molecule is CN(C(=O)c1ccc2c(c1)nnn2C)C1CCNC1. The molecule has 2 heterocycles. The van der Waals surface area contributed by atoms with Gasteiger partial charge >= 0.3 is 0 Å². The summed E-state index contributed by atoms with van der Waals surface area (Å²) in [4.78, 5) is 14.2. The lowest BCUT2D eigenvalue weighted by Crippen LogP contribution is -2.38. The fraction of sp³-hybridized carbons (Fsp3) is 0.462. The van der Waals surface area contributed by atoms with E-state index in [0.29, 0.717) is 5.56 Å². The van der Waals surface area contributed by atoms with E-state index in [-0.39, 0.29) is 11.9 Å². The van der Waals surface area contributed by atoms with E-state index in [1.807, 2.05) is 37.2 Å². The van der Waals surface area contributed by atoms with Crippen LogP contribution in [0, 0.1) is 0 Å². The smallest absolute Gasteiger partial charge is 0.253 e. The first-order valence-corrected chi connectivity index (χ1v) is 6.44. The van der Waals surface area contributed by atoms with Crippen LogP contribution < -0.4 is 5.32 Å². The molecule has 1 unspecified atom stereocenters. The second-order valence-corrected chi connectivity index (χ2v) is 4.98. The van der Waals surface area contributed by atoms with Gasteiger partial charge in [0.2, 0.25) is 0 Å². The first-order valence-electron chi connectivity index (χ1n) is 6.44. The Balaban J connectivity index is 1.88. The highest BCUT2D eigenvalue weighted by Crippen LogP contribution is 2.16. The Bertz CT molecular complexity index is 615. The second-order valence-electron chi connectivity index (χ2n) is 4.98. The van der Waals surface area contributed by atoms with Crippen molar-refractivity contribution in [2.45, 2.75) is 12.5 Å². The maximum Gasteiger partial charge on any atom is 0.253 e. The Morgan fingerprint density at radius 1 is 1.53 bits per heavy atom. The van der Waals surface area contributed by atoms with E-state index in [0.717, 1.165) is 30.5 Å². The zero-order valence-corrected chi connectivity index (χ0v) is 11.1. The molecule has 1 atom stereocenters.